The largest absolute Gasteiger partial charge is 0.505 e. The van der Waals surface area contributed by atoms with Gasteiger partial charge in [-0.2, -0.15) is 0 Å². The lowest BCUT2D eigenvalue weighted by atomic mass is 9.68. The lowest BCUT2D eigenvalue weighted by Gasteiger charge is -2.36. The Labute approximate surface area is 262 Å². The van der Waals surface area contributed by atoms with E-state index in [0.29, 0.717) is 54.6 Å². The number of carbonyl (C=O) groups excluding carboxylic acids is 2. The summed E-state index contributed by atoms with van der Waals surface area (Å²) in [6.07, 6.45) is 3.88. The van der Waals surface area contributed by atoms with E-state index in [9.17, 15) is 34.1 Å². The SMILES string of the molecule is CC/C(=C\c1ccc(O)c(F)c1)CC[C@@H](O)C1=C(COc2ccccc2)C[C@H]2C(=O)N(CCCCCC(=O)O)C(=O)[C@H]2[C@H]1CO. The third-order valence-corrected chi connectivity index (χ3v) is 8.80. The van der Waals surface area contributed by atoms with Crippen molar-refractivity contribution in [2.45, 2.75) is 64.4 Å². The minimum absolute atomic E-state index is 0.0242. The molecule has 2 aromatic rings. The van der Waals surface area contributed by atoms with Crippen LogP contribution < -0.4 is 4.74 Å². The normalized spacial score (nSPS) is 20.8. The molecule has 4 rings (SSSR count). The first-order valence-corrected chi connectivity index (χ1v) is 15.6. The lowest BCUT2D eigenvalue weighted by molar-refractivity contribution is -0.141. The number of likely N-dealkylation sites (tertiary alicyclic amines) is 1. The van der Waals surface area contributed by atoms with Crippen molar-refractivity contribution in [3.8, 4) is 11.5 Å². The molecule has 0 aromatic heterocycles. The maximum Gasteiger partial charge on any atom is 0.303 e. The molecule has 0 bridgehead atoms. The average Bonchev–Trinajstić information content (AvgIpc) is 3.27. The van der Waals surface area contributed by atoms with Crippen molar-refractivity contribution in [1.82, 2.24) is 4.90 Å². The summed E-state index contributed by atoms with van der Waals surface area (Å²) in [5.41, 5.74) is 2.72. The number of halogens is 1. The van der Waals surface area contributed by atoms with E-state index < -0.39 is 48.0 Å². The van der Waals surface area contributed by atoms with Gasteiger partial charge in [0.05, 0.1) is 24.5 Å². The van der Waals surface area contributed by atoms with Gasteiger partial charge >= 0.3 is 5.97 Å². The first-order valence-electron chi connectivity index (χ1n) is 15.6. The highest BCUT2D eigenvalue weighted by Crippen LogP contribution is 2.46. The molecule has 1 fully saturated rings. The van der Waals surface area contributed by atoms with Gasteiger partial charge in [0, 0.05) is 18.9 Å². The molecular formula is C35H42FNO8. The number of rotatable bonds is 16. The number of aromatic hydroxyl groups is 1. The number of aliphatic hydroxyl groups excluding tert-OH is 2. The molecule has 0 radical (unpaired) electrons. The van der Waals surface area contributed by atoms with Gasteiger partial charge in [0.25, 0.3) is 0 Å². The second-order valence-electron chi connectivity index (χ2n) is 11.7. The standard InChI is InChI=1S/C35H42FNO8/c1-2-22(17-23-13-14-29(39)28(36)18-23)12-15-30(40)32-24(21-45-25-9-5-3-6-10-25)19-26-33(27(32)20-38)35(44)37(34(26)43)16-8-4-7-11-31(41)42/h3,5-6,9-10,13-14,17-18,26-27,30,33,38-40H,2,4,7-8,11-12,15-16,19-21H2,1H3,(H,41,42)/b22-17+/t26-,27+,30-,33-/m1/s1. The monoisotopic (exact) mass is 623 g/mol. The van der Waals surface area contributed by atoms with Crippen molar-refractivity contribution in [3.63, 3.8) is 0 Å². The second-order valence-corrected chi connectivity index (χ2v) is 11.7. The number of phenolic OH excluding ortho intramolecular Hbond substituents is 1. The van der Waals surface area contributed by atoms with E-state index in [1.165, 1.54) is 17.0 Å². The molecule has 0 spiro atoms. The maximum atomic E-state index is 13.9. The van der Waals surface area contributed by atoms with Gasteiger partial charge in [0.1, 0.15) is 12.4 Å². The number of phenols is 1. The number of ether oxygens (including phenoxy) is 1. The molecule has 4 N–H and O–H groups in total. The Bertz CT molecular complexity index is 1420. The number of aliphatic hydroxyl groups is 2. The van der Waals surface area contributed by atoms with E-state index in [-0.39, 0.29) is 44.2 Å². The van der Waals surface area contributed by atoms with Gasteiger partial charge in [-0.05, 0) is 79.5 Å². The van der Waals surface area contributed by atoms with Crippen LogP contribution in [0.3, 0.4) is 0 Å². The first-order chi connectivity index (χ1) is 21.6. The molecule has 1 heterocycles. The van der Waals surface area contributed by atoms with Crippen LogP contribution in [0.2, 0.25) is 0 Å². The highest BCUT2D eigenvalue weighted by atomic mass is 19.1. The van der Waals surface area contributed by atoms with E-state index in [0.717, 1.165) is 5.57 Å². The zero-order valence-electron chi connectivity index (χ0n) is 25.5. The molecule has 10 heteroatoms. The van der Waals surface area contributed by atoms with Gasteiger partial charge in [-0.25, -0.2) is 4.39 Å². The van der Waals surface area contributed by atoms with E-state index in [1.807, 2.05) is 31.2 Å². The number of imide groups is 1. The third-order valence-electron chi connectivity index (χ3n) is 8.80. The van der Waals surface area contributed by atoms with Gasteiger partial charge < -0.3 is 25.2 Å². The van der Waals surface area contributed by atoms with Crippen molar-refractivity contribution in [2.75, 3.05) is 19.8 Å². The Kier molecular flexibility index (Phi) is 11.9. The molecule has 0 unspecified atom stereocenters. The Hall–Kier alpha value is -4.02. The number of fused-ring (bicyclic) bond motifs is 1. The smallest absolute Gasteiger partial charge is 0.303 e. The highest BCUT2D eigenvalue weighted by molar-refractivity contribution is 6.05. The fraction of sp³-hybridized carbons (Fsp3) is 0.457. The molecule has 242 valence electrons. The number of allylic oxidation sites excluding steroid dienone is 1. The summed E-state index contributed by atoms with van der Waals surface area (Å²) in [5, 5.41) is 40.6. The van der Waals surface area contributed by atoms with Crippen LogP contribution in [0.25, 0.3) is 6.08 Å². The number of nitrogens with zero attached hydrogens (tertiary/aromatic N) is 1. The zero-order chi connectivity index (χ0) is 32.5. The molecular weight excluding hydrogens is 581 g/mol. The minimum Gasteiger partial charge on any atom is -0.505 e. The number of aliphatic carboxylic acids is 1. The molecule has 1 aliphatic heterocycles. The molecule has 2 amide bonds. The van der Waals surface area contributed by atoms with E-state index in [4.69, 9.17) is 9.84 Å². The Balaban J connectivity index is 1.56. The fourth-order valence-electron chi connectivity index (χ4n) is 6.46. The maximum absolute atomic E-state index is 13.9. The number of carboxylic acids is 1. The van der Waals surface area contributed by atoms with Crippen LogP contribution in [-0.2, 0) is 14.4 Å². The molecule has 45 heavy (non-hydrogen) atoms. The number of amides is 2. The molecule has 4 atom stereocenters. The summed E-state index contributed by atoms with van der Waals surface area (Å²) in [4.78, 5) is 39.2. The highest BCUT2D eigenvalue weighted by Gasteiger charge is 2.54. The van der Waals surface area contributed by atoms with Crippen molar-refractivity contribution in [3.05, 3.63) is 76.6 Å². The third kappa shape index (κ3) is 8.38. The van der Waals surface area contributed by atoms with Crippen LogP contribution in [0.4, 0.5) is 4.39 Å². The van der Waals surface area contributed by atoms with Gasteiger partial charge in [-0.15, -0.1) is 0 Å². The van der Waals surface area contributed by atoms with Crippen LogP contribution in [0, 0.1) is 23.6 Å². The number of hydrogen-bond donors (Lipinski definition) is 4. The molecule has 0 saturated carbocycles. The summed E-state index contributed by atoms with van der Waals surface area (Å²) < 4.78 is 19.9. The second kappa shape index (κ2) is 15.8. The lowest BCUT2D eigenvalue weighted by Crippen LogP contribution is -2.40. The van der Waals surface area contributed by atoms with Crippen LogP contribution >= 0.6 is 0 Å². The van der Waals surface area contributed by atoms with Crippen LogP contribution in [0.1, 0.15) is 63.9 Å². The molecule has 9 nitrogen and oxygen atoms in total. The summed E-state index contributed by atoms with van der Waals surface area (Å²) in [6, 6.07) is 13.3. The summed E-state index contributed by atoms with van der Waals surface area (Å²) in [5.74, 6) is -4.40. The van der Waals surface area contributed by atoms with Crippen molar-refractivity contribution >= 4 is 23.9 Å². The predicted molar refractivity (Wildman–Crippen MR) is 166 cm³/mol. The molecule has 2 aromatic carbocycles. The summed E-state index contributed by atoms with van der Waals surface area (Å²) in [7, 11) is 0. The minimum atomic E-state index is -1.03. The Morgan fingerprint density at radius 2 is 1.84 bits per heavy atom. The van der Waals surface area contributed by atoms with Gasteiger partial charge in [-0.1, -0.05) is 49.3 Å². The van der Waals surface area contributed by atoms with E-state index in [2.05, 4.69) is 0 Å². The Morgan fingerprint density at radius 3 is 2.51 bits per heavy atom. The number of carbonyl (C=O) groups is 3. The van der Waals surface area contributed by atoms with Crippen molar-refractivity contribution in [2.24, 2.45) is 17.8 Å². The Morgan fingerprint density at radius 1 is 1.09 bits per heavy atom. The fourth-order valence-corrected chi connectivity index (χ4v) is 6.46. The van der Waals surface area contributed by atoms with E-state index in [1.54, 1.807) is 18.2 Å². The summed E-state index contributed by atoms with van der Waals surface area (Å²) in [6.45, 7) is 1.78. The number of carboxylic acid groups (broad SMARTS) is 1. The van der Waals surface area contributed by atoms with Gasteiger partial charge in [-0.3, -0.25) is 19.3 Å². The predicted octanol–water partition coefficient (Wildman–Crippen LogP) is 5.10. The van der Waals surface area contributed by atoms with Crippen LogP contribution in [0.15, 0.2) is 65.3 Å². The molecule has 2 aliphatic rings. The molecule has 1 saturated heterocycles. The van der Waals surface area contributed by atoms with Crippen LogP contribution in [-0.4, -0.2) is 69.0 Å². The van der Waals surface area contributed by atoms with Crippen molar-refractivity contribution in [1.29, 1.82) is 0 Å². The number of para-hydroxylation sites is 1. The van der Waals surface area contributed by atoms with E-state index >= 15 is 0 Å². The quantitative estimate of drug-likeness (QED) is 0.115. The number of hydrogen-bond acceptors (Lipinski definition) is 7. The van der Waals surface area contributed by atoms with Gasteiger partial charge in [0.2, 0.25) is 11.8 Å². The molecule has 1 aliphatic carbocycles. The van der Waals surface area contributed by atoms with Gasteiger partial charge in [0.15, 0.2) is 11.6 Å². The number of unbranched alkanes of at least 4 members (excludes halogenated alkanes) is 2. The van der Waals surface area contributed by atoms with Crippen LogP contribution in [0.5, 0.6) is 11.5 Å². The zero-order valence-corrected chi connectivity index (χ0v) is 25.5. The first kappa shape index (κ1) is 33.9. The van der Waals surface area contributed by atoms with Crippen molar-refractivity contribution < 1.29 is 43.9 Å². The average molecular weight is 624 g/mol. The summed E-state index contributed by atoms with van der Waals surface area (Å²) >= 11 is 0. The topological polar surface area (TPSA) is 145 Å². The number of benzene rings is 2.